The first-order valence-electron chi connectivity index (χ1n) is 11.2. The minimum Gasteiger partial charge on any atom is -0.481 e. The Morgan fingerprint density at radius 1 is 1.09 bits per heavy atom. The molecule has 2 aromatic rings. The van der Waals surface area contributed by atoms with Crippen molar-refractivity contribution in [2.45, 2.75) is 31.2 Å². The number of aliphatic carboxylic acids is 1. The van der Waals surface area contributed by atoms with Gasteiger partial charge < -0.3 is 20.1 Å². The van der Waals surface area contributed by atoms with E-state index in [2.05, 4.69) is 5.32 Å². The fraction of sp³-hybridized carbons (Fsp3) is 0.400. The second kappa shape index (κ2) is 8.38. The average Bonchev–Trinajstić information content (AvgIpc) is 3.25. The number of rotatable bonds is 7. The van der Waals surface area contributed by atoms with Gasteiger partial charge in [-0.1, -0.05) is 48.5 Å². The van der Waals surface area contributed by atoms with E-state index in [1.54, 1.807) is 0 Å². The number of piperidine rings is 1. The lowest BCUT2D eigenvalue weighted by atomic mass is 9.98. The van der Waals surface area contributed by atoms with Crippen LogP contribution >= 0.6 is 0 Å². The lowest BCUT2D eigenvalue weighted by Gasteiger charge is -2.23. The van der Waals surface area contributed by atoms with E-state index in [1.807, 2.05) is 48.5 Å². The molecular formula is C25H24F2N2O5. The quantitative estimate of drug-likeness (QED) is 0.646. The molecule has 2 fully saturated rings. The molecule has 2 N–H and O–H groups in total. The molecule has 9 heteroatoms. The highest BCUT2D eigenvalue weighted by molar-refractivity contribution is 5.84. The molecule has 2 aliphatic carbocycles. The number of likely N-dealkylation sites (tertiary alicyclic amines) is 1. The smallest absolute Gasteiger partial charge is 0.407 e. The summed E-state index contributed by atoms with van der Waals surface area (Å²) in [5, 5.41) is 11.5. The number of hydrogen-bond donors (Lipinski definition) is 2. The Balaban J connectivity index is 1.19. The maximum absolute atomic E-state index is 13.6. The van der Waals surface area contributed by atoms with E-state index in [-0.39, 0.29) is 31.5 Å². The van der Waals surface area contributed by atoms with Gasteiger partial charge in [-0.05, 0) is 34.6 Å². The zero-order valence-corrected chi connectivity index (χ0v) is 18.2. The zero-order valence-electron chi connectivity index (χ0n) is 18.2. The third-order valence-corrected chi connectivity index (χ3v) is 7.27. The van der Waals surface area contributed by atoms with Gasteiger partial charge in [0.05, 0.1) is 11.8 Å². The number of fused-ring (bicyclic) bond motifs is 4. The van der Waals surface area contributed by atoms with Crippen molar-refractivity contribution in [3.05, 3.63) is 59.7 Å². The molecule has 0 spiro atoms. The van der Waals surface area contributed by atoms with Gasteiger partial charge in [0.1, 0.15) is 12.6 Å². The molecule has 3 atom stereocenters. The third-order valence-electron chi connectivity index (χ3n) is 7.27. The number of halogens is 2. The Morgan fingerprint density at radius 2 is 1.71 bits per heavy atom. The van der Waals surface area contributed by atoms with Crippen LogP contribution in [0.3, 0.4) is 0 Å². The highest BCUT2D eigenvalue weighted by atomic mass is 19.3. The number of alkyl carbamates (subject to hydrolysis) is 1. The van der Waals surface area contributed by atoms with Crippen LogP contribution in [0.1, 0.15) is 29.9 Å². The number of amides is 2. The van der Waals surface area contributed by atoms with Crippen LogP contribution < -0.4 is 5.32 Å². The van der Waals surface area contributed by atoms with Crippen molar-refractivity contribution in [2.75, 3.05) is 19.7 Å². The molecule has 2 aromatic carbocycles. The molecule has 0 bridgehead atoms. The highest BCUT2D eigenvalue weighted by Gasteiger charge is 2.66. The van der Waals surface area contributed by atoms with Crippen LogP contribution in [0.15, 0.2) is 48.5 Å². The molecule has 0 aromatic heterocycles. The van der Waals surface area contributed by atoms with E-state index in [4.69, 9.17) is 4.74 Å². The van der Waals surface area contributed by atoms with Crippen molar-refractivity contribution in [3.63, 3.8) is 0 Å². The molecule has 1 saturated carbocycles. The van der Waals surface area contributed by atoms with Crippen LogP contribution in [0, 0.1) is 11.3 Å². The second-order valence-corrected chi connectivity index (χ2v) is 9.25. The van der Waals surface area contributed by atoms with Crippen molar-refractivity contribution in [1.82, 2.24) is 10.2 Å². The number of nitrogens with one attached hydrogen (secondary N) is 1. The van der Waals surface area contributed by atoms with Crippen molar-refractivity contribution in [2.24, 2.45) is 11.3 Å². The SMILES string of the molecule is O=C(NC(CC(=O)N1CC2CC2(C(=O)O)C1)C(F)F)OCC1c2ccccc2-c2ccccc21. The fourth-order valence-electron chi connectivity index (χ4n) is 5.32. The summed E-state index contributed by atoms with van der Waals surface area (Å²) in [7, 11) is 0. The number of hydrogen-bond acceptors (Lipinski definition) is 4. The largest absolute Gasteiger partial charge is 0.481 e. The van der Waals surface area contributed by atoms with E-state index < -0.39 is 42.3 Å². The first kappa shape index (κ1) is 22.3. The Kier molecular flexibility index (Phi) is 5.50. The van der Waals surface area contributed by atoms with Gasteiger partial charge in [-0.15, -0.1) is 0 Å². The number of nitrogens with zero attached hydrogens (tertiary/aromatic N) is 1. The Bertz CT molecular complexity index is 1110. The molecule has 5 rings (SSSR count). The number of alkyl halides is 2. The molecule has 178 valence electrons. The minimum atomic E-state index is -2.98. The lowest BCUT2D eigenvalue weighted by molar-refractivity contribution is -0.144. The summed E-state index contributed by atoms with van der Waals surface area (Å²) in [5.74, 6) is -1.91. The Labute approximate surface area is 194 Å². The normalized spacial score (nSPS) is 23.1. The molecule has 3 unspecified atom stereocenters. The Morgan fingerprint density at radius 3 is 2.26 bits per heavy atom. The predicted octanol–water partition coefficient (Wildman–Crippen LogP) is 3.48. The highest BCUT2D eigenvalue weighted by Crippen LogP contribution is 2.58. The van der Waals surface area contributed by atoms with Gasteiger partial charge in [0.15, 0.2) is 0 Å². The molecule has 1 saturated heterocycles. The number of carboxylic acid groups (broad SMARTS) is 1. The second-order valence-electron chi connectivity index (χ2n) is 9.25. The van der Waals surface area contributed by atoms with E-state index in [0.29, 0.717) is 6.42 Å². The predicted molar refractivity (Wildman–Crippen MR) is 117 cm³/mol. The maximum Gasteiger partial charge on any atom is 0.407 e. The van der Waals surface area contributed by atoms with Crippen molar-refractivity contribution >= 4 is 18.0 Å². The van der Waals surface area contributed by atoms with Crippen LogP contribution in [0.2, 0.25) is 0 Å². The van der Waals surface area contributed by atoms with E-state index >= 15 is 0 Å². The molecule has 2 amide bonds. The summed E-state index contributed by atoms with van der Waals surface area (Å²) in [6.45, 7) is 0.234. The average molecular weight is 470 g/mol. The summed E-state index contributed by atoms with van der Waals surface area (Å²) >= 11 is 0. The van der Waals surface area contributed by atoms with Crippen LogP contribution in [0.4, 0.5) is 13.6 Å². The molecule has 34 heavy (non-hydrogen) atoms. The van der Waals surface area contributed by atoms with Gasteiger partial charge in [0.2, 0.25) is 5.91 Å². The number of ether oxygens (including phenoxy) is 1. The summed E-state index contributed by atoms with van der Waals surface area (Å²) < 4.78 is 32.5. The van der Waals surface area contributed by atoms with Gasteiger partial charge in [-0.2, -0.15) is 0 Å². The molecule has 7 nitrogen and oxygen atoms in total. The van der Waals surface area contributed by atoms with Crippen molar-refractivity contribution in [3.8, 4) is 11.1 Å². The first-order valence-corrected chi connectivity index (χ1v) is 11.2. The minimum absolute atomic E-state index is 0.0206. The summed E-state index contributed by atoms with van der Waals surface area (Å²) in [6.07, 6.45) is -4.12. The lowest BCUT2D eigenvalue weighted by Crippen LogP contribution is -2.45. The van der Waals surface area contributed by atoms with Crippen LogP contribution in [-0.2, 0) is 14.3 Å². The summed E-state index contributed by atoms with van der Waals surface area (Å²) in [4.78, 5) is 37.6. The molecule has 1 heterocycles. The number of benzene rings is 2. The van der Waals surface area contributed by atoms with Gasteiger partial charge in [0, 0.05) is 19.0 Å². The van der Waals surface area contributed by atoms with Crippen LogP contribution in [0.25, 0.3) is 11.1 Å². The Hall–Kier alpha value is -3.49. The fourth-order valence-corrected chi connectivity index (χ4v) is 5.32. The van der Waals surface area contributed by atoms with E-state index in [1.165, 1.54) is 4.90 Å². The first-order chi connectivity index (χ1) is 16.3. The van der Waals surface area contributed by atoms with Crippen LogP contribution in [-0.4, -0.2) is 60.1 Å². The summed E-state index contributed by atoms with van der Waals surface area (Å²) in [5.41, 5.74) is 3.15. The van der Waals surface area contributed by atoms with Crippen molar-refractivity contribution in [1.29, 1.82) is 0 Å². The summed E-state index contributed by atoms with van der Waals surface area (Å²) in [6, 6.07) is 13.8. The zero-order chi connectivity index (χ0) is 24.0. The number of carboxylic acids is 1. The molecule has 1 aliphatic heterocycles. The molecule has 0 radical (unpaired) electrons. The number of carbonyl (C=O) groups excluding carboxylic acids is 2. The topological polar surface area (TPSA) is 95.9 Å². The van der Waals surface area contributed by atoms with E-state index in [0.717, 1.165) is 22.3 Å². The van der Waals surface area contributed by atoms with Crippen LogP contribution in [0.5, 0.6) is 0 Å². The van der Waals surface area contributed by atoms with Gasteiger partial charge in [-0.25, -0.2) is 13.6 Å². The van der Waals surface area contributed by atoms with Gasteiger partial charge in [0.25, 0.3) is 6.43 Å². The van der Waals surface area contributed by atoms with Crippen molar-refractivity contribution < 1.29 is 33.0 Å². The molecule has 3 aliphatic rings. The standard InChI is InChI=1S/C25H24F2N2O5/c26-22(27)20(9-21(30)29-11-14-10-25(14,13-29)23(31)32)28-24(33)34-12-19-17-7-3-1-5-15(17)16-6-2-4-8-18(16)19/h1-8,14,19-20,22H,9-13H2,(H,28,33)(H,31,32). The molecular weight excluding hydrogens is 446 g/mol. The number of carbonyl (C=O) groups is 3. The monoisotopic (exact) mass is 470 g/mol. The van der Waals surface area contributed by atoms with Gasteiger partial charge in [-0.3, -0.25) is 9.59 Å². The maximum atomic E-state index is 13.6. The van der Waals surface area contributed by atoms with E-state index in [9.17, 15) is 28.3 Å². The third kappa shape index (κ3) is 3.78. The van der Waals surface area contributed by atoms with Gasteiger partial charge >= 0.3 is 12.1 Å².